The molecule has 0 aliphatic rings. The molecular formula is C22H41NO2. The van der Waals surface area contributed by atoms with Gasteiger partial charge < -0.3 is 10.8 Å². The van der Waals surface area contributed by atoms with E-state index in [9.17, 15) is 9.90 Å². The van der Waals surface area contributed by atoms with Gasteiger partial charge in [0, 0.05) is 13.0 Å². The van der Waals surface area contributed by atoms with E-state index in [1.807, 2.05) is 0 Å². The van der Waals surface area contributed by atoms with Crippen molar-refractivity contribution in [3.63, 3.8) is 0 Å². The molecule has 0 heterocycles. The van der Waals surface area contributed by atoms with Gasteiger partial charge in [-0.2, -0.15) is 0 Å². The molecule has 1 unspecified atom stereocenters. The number of Topliss-reactive ketones (excluding diaryl/α,β-unsaturated/α-hetero) is 1. The summed E-state index contributed by atoms with van der Waals surface area (Å²) in [6.45, 7) is 2.30. The topological polar surface area (TPSA) is 63.3 Å². The summed E-state index contributed by atoms with van der Waals surface area (Å²) < 4.78 is 0. The molecule has 1 atom stereocenters. The van der Waals surface area contributed by atoms with Gasteiger partial charge in [0.2, 0.25) is 0 Å². The minimum atomic E-state index is -0.961. The van der Waals surface area contributed by atoms with Crippen LogP contribution < -0.4 is 5.73 Å². The van der Waals surface area contributed by atoms with Crippen molar-refractivity contribution in [3.05, 3.63) is 24.3 Å². The predicted molar refractivity (Wildman–Crippen MR) is 109 cm³/mol. The van der Waals surface area contributed by atoms with E-state index in [1.165, 1.54) is 51.4 Å². The minimum absolute atomic E-state index is 0.0387. The fraction of sp³-hybridized carbons (Fsp3) is 0.773. The van der Waals surface area contributed by atoms with E-state index in [-0.39, 0.29) is 12.3 Å². The molecule has 0 spiro atoms. The number of unbranched alkanes of at least 4 members (excludes halogenated alkanes) is 10. The Labute approximate surface area is 155 Å². The van der Waals surface area contributed by atoms with E-state index in [1.54, 1.807) is 0 Å². The lowest BCUT2D eigenvalue weighted by Crippen LogP contribution is -2.28. The zero-order valence-electron chi connectivity index (χ0n) is 16.4. The first kappa shape index (κ1) is 24.1. The van der Waals surface area contributed by atoms with Gasteiger partial charge in [0.05, 0.1) is 0 Å². The number of aliphatic hydroxyl groups excluding tert-OH is 1. The second-order valence-electron chi connectivity index (χ2n) is 6.91. The molecule has 0 aromatic heterocycles. The van der Waals surface area contributed by atoms with Gasteiger partial charge in [-0.15, -0.1) is 0 Å². The Hall–Kier alpha value is -0.930. The summed E-state index contributed by atoms with van der Waals surface area (Å²) in [4.78, 5) is 11.4. The SMILES string of the molecule is CCCCCCCCC=CCC=CCCCCCCC(=O)C(O)CN. The van der Waals surface area contributed by atoms with Crippen LogP contribution in [0.1, 0.15) is 96.8 Å². The smallest absolute Gasteiger partial charge is 0.162 e. The van der Waals surface area contributed by atoms with Crippen molar-refractivity contribution in [2.75, 3.05) is 6.54 Å². The van der Waals surface area contributed by atoms with Crippen LogP contribution in [0.2, 0.25) is 0 Å². The van der Waals surface area contributed by atoms with E-state index in [4.69, 9.17) is 5.73 Å². The third-order valence-corrected chi connectivity index (χ3v) is 4.47. The van der Waals surface area contributed by atoms with Crippen LogP contribution in [-0.4, -0.2) is 23.5 Å². The van der Waals surface area contributed by atoms with E-state index in [0.717, 1.165) is 32.1 Å². The molecule has 25 heavy (non-hydrogen) atoms. The Morgan fingerprint density at radius 2 is 1.36 bits per heavy atom. The molecule has 146 valence electrons. The predicted octanol–water partition coefficient (Wildman–Crippen LogP) is 5.47. The number of hydrogen-bond acceptors (Lipinski definition) is 3. The quantitative estimate of drug-likeness (QED) is 0.254. The van der Waals surface area contributed by atoms with Crippen LogP contribution in [-0.2, 0) is 4.79 Å². The van der Waals surface area contributed by atoms with Crippen LogP contribution >= 0.6 is 0 Å². The summed E-state index contributed by atoms with van der Waals surface area (Å²) in [5, 5.41) is 9.27. The van der Waals surface area contributed by atoms with Crippen LogP contribution in [0.4, 0.5) is 0 Å². The van der Waals surface area contributed by atoms with Gasteiger partial charge in [-0.05, 0) is 38.5 Å². The lowest BCUT2D eigenvalue weighted by Gasteiger charge is -2.05. The molecule has 0 saturated heterocycles. The van der Waals surface area contributed by atoms with Crippen LogP contribution in [0.15, 0.2) is 24.3 Å². The highest BCUT2D eigenvalue weighted by Crippen LogP contribution is 2.09. The van der Waals surface area contributed by atoms with E-state index >= 15 is 0 Å². The van der Waals surface area contributed by atoms with Gasteiger partial charge in [0.1, 0.15) is 6.10 Å². The monoisotopic (exact) mass is 351 g/mol. The number of hydrogen-bond donors (Lipinski definition) is 2. The minimum Gasteiger partial charge on any atom is -0.384 e. The van der Waals surface area contributed by atoms with Crippen LogP contribution in [0.25, 0.3) is 0 Å². The van der Waals surface area contributed by atoms with Crippen molar-refractivity contribution < 1.29 is 9.90 Å². The Morgan fingerprint density at radius 3 is 1.92 bits per heavy atom. The lowest BCUT2D eigenvalue weighted by atomic mass is 10.1. The maximum absolute atomic E-state index is 11.4. The lowest BCUT2D eigenvalue weighted by molar-refractivity contribution is -0.126. The molecule has 3 N–H and O–H groups in total. The first-order chi connectivity index (χ1) is 12.2. The Balaban J connectivity index is 3.30. The zero-order valence-corrected chi connectivity index (χ0v) is 16.4. The summed E-state index contributed by atoms with van der Waals surface area (Å²) in [6, 6.07) is 0. The summed E-state index contributed by atoms with van der Waals surface area (Å²) >= 11 is 0. The van der Waals surface area contributed by atoms with Crippen LogP contribution in [0.3, 0.4) is 0 Å². The normalized spacial score (nSPS) is 13.1. The number of aliphatic hydroxyl groups is 1. The van der Waals surface area contributed by atoms with E-state index in [0.29, 0.717) is 6.42 Å². The molecule has 0 aliphatic carbocycles. The molecule has 0 aliphatic heterocycles. The summed E-state index contributed by atoms with van der Waals surface area (Å²) in [6.07, 6.45) is 24.4. The third-order valence-electron chi connectivity index (χ3n) is 4.47. The molecule has 0 rings (SSSR count). The summed E-state index contributed by atoms with van der Waals surface area (Å²) in [5.74, 6) is -0.116. The fourth-order valence-electron chi connectivity index (χ4n) is 2.76. The number of rotatable bonds is 18. The molecule has 0 radical (unpaired) electrons. The van der Waals surface area contributed by atoms with Gasteiger partial charge in [0.25, 0.3) is 0 Å². The maximum atomic E-state index is 11.4. The van der Waals surface area contributed by atoms with E-state index < -0.39 is 6.10 Å². The van der Waals surface area contributed by atoms with Gasteiger partial charge >= 0.3 is 0 Å². The van der Waals surface area contributed by atoms with Gasteiger partial charge in [-0.1, -0.05) is 76.2 Å². The Kier molecular flexibility index (Phi) is 18.7. The zero-order chi connectivity index (χ0) is 18.6. The number of allylic oxidation sites excluding steroid dienone is 4. The average molecular weight is 352 g/mol. The molecule has 0 saturated carbocycles. The number of nitrogens with two attached hydrogens (primary N) is 1. The molecule has 3 heteroatoms. The highest BCUT2D eigenvalue weighted by Gasteiger charge is 2.11. The third kappa shape index (κ3) is 17.7. The second-order valence-corrected chi connectivity index (χ2v) is 6.91. The highest BCUT2D eigenvalue weighted by atomic mass is 16.3. The largest absolute Gasteiger partial charge is 0.384 e. The Morgan fingerprint density at radius 1 is 0.840 bits per heavy atom. The summed E-state index contributed by atoms with van der Waals surface area (Å²) in [5.41, 5.74) is 5.26. The first-order valence-corrected chi connectivity index (χ1v) is 10.4. The first-order valence-electron chi connectivity index (χ1n) is 10.4. The van der Waals surface area contributed by atoms with Gasteiger partial charge in [0.15, 0.2) is 5.78 Å². The molecular weight excluding hydrogens is 310 g/mol. The van der Waals surface area contributed by atoms with Crippen molar-refractivity contribution in [1.82, 2.24) is 0 Å². The summed E-state index contributed by atoms with van der Waals surface area (Å²) in [7, 11) is 0. The van der Waals surface area contributed by atoms with Gasteiger partial charge in [-0.25, -0.2) is 0 Å². The highest BCUT2D eigenvalue weighted by molar-refractivity contribution is 5.82. The standard InChI is InChI=1S/C22H41NO2/c1-2-3-4-5-6-7-8-9-10-11-12-13-14-15-16-17-18-19-21(24)22(25)20-23/h9-10,12-13,22,25H,2-8,11,14-20,23H2,1H3. The Bertz CT molecular complexity index is 350. The number of carbonyl (C=O) groups excluding carboxylic acids is 1. The van der Waals surface area contributed by atoms with Crippen LogP contribution in [0, 0.1) is 0 Å². The molecule has 0 aromatic carbocycles. The number of carbonyl (C=O) groups is 1. The molecule has 0 aromatic rings. The molecule has 0 bridgehead atoms. The van der Waals surface area contributed by atoms with Gasteiger partial charge in [-0.3, -0.25) is 4.79 Å². The van der Waals surface area contributed by atoms with Crippen molar-refractivity contribution in [2.45, 2.75) is 103 Å². The van der Waals surface area contributed by atoms with Crippen molar-refractivity contribution >= 4 is 5.78 Å². The fourth-order valence-corrected chi connectivity index (χ4v) is 2.76. The number of ketones is 1. The molecule has 0 fully saturated rings. The second kappa shape index (κ2) is 19.4. The maximum Gasteiger partial charge on any atom is 0.162 e. The molecule has 0 amide bonds. The van der Waals surface area contributed by atoms with E-state index in [2.05, 4.69) is 31.2 Å². The van der Waals surface area contributed by atoms with Crippen molar-refractivity contribution in [1.29, 1.82) is 0 Å². The van der Waals surface area contributed by atoms with Crippen molar-refractivity contribution in [3.8, 4) is 0 Å². The van der Waals surface area contributed by atoms with Crippen LogP contribution in [0.5, 0.6) is 0 Å². The molecule has 3 nitrogen and oxygen atoms in total. The average Bonchev–Trinajstić information content (AvgIpc) is 2.63. The van der Waals surface area contributed by atoms with Crippen molar-refractivity contribution in [2.24, 2.45) is 5.73 Å².